The fourth-order valence-corrected chi connectivity index (χ4v) is 1.43. The summed E-state index contributed by atoms with van der Waals surface area (Å²) in [6, 6.07) is 6.05. The summed E-state index contributed by atoms with van der Waals surface area (Å²) in [5, 5.41) is 0. The van der Waals surface area contributed by atoms with E-state index >= 15 is 0 Å². The van der Waals surface area contributed by atoms with Crippen molar-refractivity contribution in [3.8, 4) is 0 Å². The molecule has 0 spiro atoms. The zero-order valence-corrected chi connectivity index (χ0v) is 9.86. The van der Waals surface area contributed by atoms with Crippen LogP contribution in [0.4, 0.5) is 4.39 Å². The van der Waals surface area contributed by atoms with Crippen LogP contribution in [0.15, 0.2) is 24.3 Å². The molecule has 0 aliphatic rings. The number of rotatable bonds is 6. The molecule has 1 aromatic carbocycles. The van der Waals surface area contributed by atoms with E-state index in [1.165, 1.54) is 12.1 Å². The minimum atomic E-state index is -0.289. The summed E-state index contributed by atoms with van der Waals surface area (Å²) in [5.74, 6) is -0.436. The SMILES string of the molecule is COCCN(Cc1ccc(F)cc1)C(=O)CN. The largest absolute Gasteiger partial charge is 0.383 e. The van der Waals surface area contributed by atoms with Gasteiger partial charge in [0.2, 0.25) is 5.91 Å². The number of carbonyl (C=O) groups excluding carboxylic acids is 1. The van der Waals surface area contributed by atoms with E-state index in [2.05, 4.69) is 0 Å². The van der Waals surface area contributed by atoms with Crippen LogP contribution >= 0.6 is 0 Å². The van der Waals surface area contributed by atoms with Crippen LogP contribution in [0.2, 0.25) is 0 Å². The minimum Gasteiger partial charge on any atom is -0.383 e. The summed E-state index contributed by atoms with van der Waals surface area (Å²) in [7, 11) is 1.57. The number of hydrogen-bond acceptors (Lipinski definition) is 3. The van der Waals surface area contributed by atoms with Gasteiger partial charge >= 0.3 is 0 Å². The highest BCUT2D eigenvalue weighted by molar-refractivity contribution is 5.78. The van der Waals surface area contributed by atoms with Gasteiger partial charge in [0, 0.05) is 20.2 Å². The second kappa shape index (κ2) is 6.98. The molecule has 4 nitrogen and oxygen atoms in total. The summed E-state index contributed by atoms with van der Waals surface area (Å²) in [6.45, 7) is 1.31. The lowest BCUT2D eigenvalue weighted by molar-refractivity contribution is -0.130. The van der Waals surface area contributed by atoms with Gasteiger partial charge in [-0.05, 0) is 17.7 Å². The first-order valence-electron chi connectivity index (χ1n) is 5.38. The van der Waals surface area contributed by atoms with Gasteiger partial charge in [0.1, 0.15) is 5.82 Å². The molecule has 0 fully saturated rings. The molecule has 2 N–H and O–H groups in total. The zero-order valence-electron chi connectivity index (χ0n) is 9.86. The van der Waals surface area contributed by atoms with Crippen LogP contribution in [-0.2, 0) is 16.1 Å². The number of halogens is 1. The molecule has 1 amide bonds. The molecule has 1 rings (SSSR count). The molecule has 0 aliphatic carbocycles. The summed E-state index contributed by atoms with van der Waals surface area (Å²) in [4.78, 5) is 13.2. The van der Waals surface area contributed by atoms with E-state index in [0.717, 1.165) is 5.56 Å². The molecule has 0 aromatic heterocycles. The third-order valence-corrected chi connectivity index (χ3v) is 2.38. The number of nitrogens with two attached hydrogens (primary N) is 1. The van der Waals surface area contributed by atoms with Crippen molar-refractivity contribution in [2.24, 2.45) is 5.73 Å². The Kier molecular flexibility index (Phi) is 5.59. The molecule has 0 saturated heterocycles. The maximum Gasteiger partial charge on any atom is 0.236 e. The molecule has 0 radical (unpaired) electrons. The molecule has 0 atom stereocenters. The van der Waals surface area contributed by atoms with Crippen molar-refractivity contribution in [3.05, 3.63) is 35.6 Å². The molecule has 0 bridgehead atoms. The van der Waals surface area contributed by atoms with Gasteiger partial charge in [-0.1, -0.05) is 12.1 Å². The third kappa shape index (κ3) is 4.50. The maximum absolute atomic E-state index is 12.7. The highest BCUT2D eigenvalue weighted by Gasteiger charge is 2.11. The number of carbonyl (C=O) groups is 1. The molecule has 0 saturated carbocycles. The Labute approximate surface area is 100 Å². The van der Waals surface area contributed by atoms with E-state index in [1.54, 1.807) is 24.1 Å². The van der Waals surface area contributed by atoms with Crippen LogP contribution < -0.4 is 5.73 Å². The fraction of sp³-hybridized carbons (Fsp3) is 0.417. The topological polar surface area (TPSA) is 55.6 Å². The van der Waals surface area contributed by atoms with Crippen molar-refractivity contribution in [1.82, 2.24) is 4.90 Å². The average Bonchev–Trinajstić information content (AvgIpc) is 2.36. The quantitative estimate of drug-likeness (QED) is 0.798. The number of benzene rings is 1. The van der Waals surface area contributed by atoms with Crippen LogP contribution in [0.3, 0.4) is 0 Å². The summed E-state index contributed by atoms with van der Waals surface area (Å²) >= 11 is 0. The monoisotopic (exact) mass is 240 g/mol. The highest BCUT2D eigenvalue weighted by Crippen LogP contribution is 2.06. The van der Waals surface area contributed by atoms with E-state index in [-0.39, 0.29) is 18.3 Å². The van der Waals surface area contributed by atoms with Gasteiger partial charge in [0.05, 0.1) is 13.2 Å². The lowest BCUT2D eigenvalue weighted by Crippen LogP contribution is -2.37. The Balaban J connectivity index is 2.64. The first kappa shape index (κ1) is 13.6. The average molecular weight is 240 g/mol. The second-order valence-corrected chi connectivity index (χ2v) is 3.64. The Morgan fingerprint density at radius 2 is 2.06 bits per heavy atom. The number of ether oxygens (including phenoxy) is 1. The minimum absolute atomic E-state index is 0.0368. The number of amides is 1. The molecule has 5 heteroatoms. The van der Waals surface area contributed by atoms with Gasteiger partial charge in [-0.15, -0.1) is 0 Å². The fourth-order valence-electron chi connectivity index (χ4n) is 1.43. The Morgan fingerprint density at radius 3 is 2.59 bits per heavy atom. The molecule has 0 heterocycles. The number of nitrogens with zero attached hydrogens (tertiary/aromatic N) is 1. The Bertz CT molecular complexity index is 354. The van der Waals surface area contributed by atoms with Gasteiger partial charge in [-0.25, -0.2) is 4.39 Å². The van der Waals surface area contributed by atoms with Crippen molar-refractivity contribution in [1.29, 1.82) is 0 Å². The van der Waals surface area contributed by atoms with Crippen LogP contribution in [0.25, 0.3) is 0 Å². The van der Waals surface area contributed by atoms with Gasteiger partial charge < -0.3 is 15.4 Å². The normalized spacial score (nSPS) is 10.3. The lowest BCUT2D eigenvalue weighted by atomic mass is 10.2. The van der Waals surface area contributed by atoms with Crippen molar-refractivity contribution in [2.45, 2.75) is 6.54 Å². The van der Waals surface area contributed by atoms with E-state index < -0.39 is 0 Å². The predicted molar refractivity (Wildman–Crippen MR) is 62.7 cm³/mol. The zero-order chi connectivity index (χ0) is 12.7. The van der Waals surface area contributed by atoms with E-state index in [9.17, 15) is 9.18 Å². The molecular weight excluding hydrogens is 223 g/mol. The Hall–Kier alpha value is -1.46. The first-order chi connectivity index (χ1) is 8.17. The molecule has 94 valence electrons. The summed E-state index contributed by atoms with van der Waals surface area (Å²) in [5.41, 5.74) is 6.20. The smallest absolute Gasteiger partial charge is 0.236 e. The van der Waals surface area contributed by atoms with Gasteiger partial charge in [-0.2, -0.15) is 0 Å². The number of methoxy groups -OCH3 is 1. The Morgan fingerprint density at radius 1 is 1.41 bits per heavy atom. The van der Waals surface area contributed by atoms with Crippen LogP contribution in [-0.4, -0.2) is 37.6 Å². The van der Waals surface area contributed by atoms with E-state index in [4.69, 9.17) is 10.5 Å². The third-order valence-electron chi connectivity index (χ3n) is 2.38. The molecule has 1 aromatic rings. The van der Waals surface area contributed by atoms with E-state index in [0.29, 0.717) is 19.7 Å². The molecule has 0 aliphatic heterocycles. The first-order valence-corrected chi connectivity index (χ1v) is 5.38. The van der Waals surface area contributed by atoms with Gasteiger partial charge in [0.25, 0.3) is 0 Å². The van der Waals surface area contributed by atoms with E-state index in [1.807, 2.05) is 0 Å². The molecule has 0 unspecified atom stereocenters. The molecular formula is C12H17FN2O2. The highest BCUT2D eigenvalue weighted by atomic mass is 19.1. The summed E-state index contributed by atoms with van der Waals surface area (Å²) in [6.07, 6.45) is 0. The van der Waals surface area contributed by atoms with Crippen LogP contribution in [0, 0.1) is 5.82 Å². The van der Waals surface area contributed by atoms with Crippen molar-refractivity contribution >= 4 is 5.91 Å². The number of hydrogen-bond donors (Lipinski definition) is 1. The second-order valence-electron chi connectivity index (χ2n) is 3.64. The lowest BCUT2D eigenvalue weighted by Gasteiger charge is -2.21. The van der Waals surface area contributed by atoms with Crippen LogP contribution in [0.5, 0.6) is 0 Å². The summed E-state index contributed by atoms with van der Waals surface area (Å²) < 4.78 is 17.7. The van der Waals surface area contributed by atoms with Crippen molar-refractivity contribution in [2.75, 3.05) is 26.8 Å². The van der Waals surface area contributed by atoms with Gasteiger partial charge in [0.15, 0.2) is 0 Å². The standard InChI is InChI=1S/C12H17FN2O2/c1-17-7-6-15(12(16)8-14)9-10-2-4-11(13)5-3-10/h2-5H,6-9,14H2,1H3. The van der Waals surface area contributed by atoms with Crippen molar-refractivity contribution in [3.63, 3.8) is 0 Å². The van der Waals surface area contributed by atoms with Crippen LogP contribution in [0.1, 0.15) is 5.56 Å². The molecule has 17 heavy (non-hydrogen) atoms. The predicted octanol–water partition coefficient (Wildman–Crippen LogP) is 0.759. The van der Waals surface area contributed by atoms with Gasteiger partial charge in [-0.3, -0.25) is 4.79 Å². The van der Waals surface area contributed by atoms with Crippen molar-refractivity contribution < 1.29 is 13.9 Å². The maximum atomic E-state index is 12.7.